The van der Waals surface area contributed by atoms with E-state index in [0.29, 0.717) is 5.82 Å². The summed E-state index contributed by atoms with van der Waals surface area (Å²) in [6.45, 7) is 0. The fraction of sp³-hybridized carbons (Fsp3) is 0. The Morgan fingerprint density at radius 3 is 3.07 bits per heavy atom. The first-order valence-corrected chi connectivity index (χ1v) is 4.13. The molecule has 0 radical (unpaired) electrons. The highest BCUT2D eigenvalue weighted by molar-refractivity contribution is 5.34. The van der Waals surface area contributed by atoms with Crippen molar-refractivity contribution in [2.45, 2.75) is 0 Å². The van der Waals surface area contributed by atoms with Crippen LogP contribution in [-0.4, -0.2) is 10.1 Å². The van der Waals surface area contributed by atoms with Crippen LogP contribution in [0.2, 0.25) is 0 Å². The van der Waals surface area contributed by atoms with Gasteiger partial charge in [0.1, 0.15) is 0 Å². The summed E-state index contributed by atoms with van der Waals surface area (Å²) in [7, 11) is 0. The van der Waals surface area contributed by atoms with Crippen LogP contribution < -0.4 is 0 Å². The summed E-state index contributed by atoms with van der Waals surface area (Å²) in [6, 6.07) is 0. The molecule has 0 N–H and O–H groups in total. The molecule has 0 aromatic carbocycles. The van der Waals surface area contributed by atoms with Gasteiger partial charge in [0, 0.05) is 6.20 Å². The van der Waals surface area contributed by atoms with Crippen LogP contribution in [-0.2, 0) is 0 Å². The minimum absolute atomic E-state index is 0.656. The van der Waals surface area contributed by atoms with Crippen LogP contribution >= 0.6 is 0 Å². The van der Waals surface area contributed by atoms with Crippen LogP contribution in [0, 0.1) is 0 Å². The summed E-state index contributed by atoms with van der Waals surface area (Å²) in [5.41, 5.74) is 1.02. The van der Waals surface area contributed by atoms with Gasteiger partial charge in [-0.2, -0.15) is 0 Å². The average molecular weight is 186 g/mol. The summed E-state index contributed by atoms with van der Waals surface area (Å²) < 4.78 is 0. The Bertz CT molecular complexity index is 397. The average Bonchev–Trinajstić information content (AvgIpc) is 2.29. The summed E-state index contributed by atoms with van der Waals surface area (Å²) in [5, 5.41) is 18.1. The lowest BCUT2D eigenvalue weighted by Crippen LogP contribution is -2.35. The van der Waals surface area contributed by atoms with Gasteiger partial charge in [-0.05, 0) is 40.0 Å². The number of hydrogen-bond donors (Lipinski definition) is 0. The number of nitrogens with zero attached hydrogens (tertiary/aromatic N) is 6. The van der Waals surface area contributed by atoms with Crippen molar-refractivity contribution in [2.75, 3.05) is 0 Å². The Labute approximate surface area is 79.8 Å². The zero-order chi connectivity index (χ0) is 9.38. The summed E-state index contributed by atoms with van der Waals surface area (Å²) in [5.74, 6) is 0.656. The van der Waals surface area contributed by atoms with E-state index in [1.807, 2.05) is 41.6 Å². The molecule has 14 heavy (non-hydrogen) atoms. The number of hydrogen-bond acceptors (Lipinski definition) is 6. The van der Waals surface area contributed by atoms with Gasteiger partial charge < -0.3 is 0 Å². The van der Waals surface area contributed by atoms with Crippen LogP contribution in [0.15, 0.2) is 68.9 Å². The second-order valence-corrected chi connectivity index (χ2v) is 2.82. The molecule has 3 heterocycles. The van der Waals surface area contributed by atoms with Gasteiger partial charge >= 0.3 is 0 Å². The number of rotatable bonds is 0. The smallest absolute Gasteiger partial charge is 0.198 e. The molecule has 3 rings (SSSR count). The summed E-state index contributed by atoms with van der Waals surface area (Å²) >= 11 is 0. The molecule has 0 amide bonds. The molecule has 0 atom stereocenters. The first-order valence-electron chi connectivity index (χ1n) is 4.13. The van der Waals surface area contributed by atoms with Crippen molar-refractivity contribution in [3.05, 3.63) is 48.1 Å². The molecule has 0 aromatic rings. The SMILES string of the molecule is C1=CC2=CC=C3N=NN=NN3N2C=C1. The van der Waals surface area contributed by atoms with Gasteiger partial charge in [0.2, 0.25) is 0 Å². The highest BCUT2D eigenvalue weighted by Crippen LogP contribution is 2.27. The molecule has 6 nitrogen and oxygen atoms in total. The van der Waals surface area contributed by atoms with E-state index in [4.69, 9.17) is 0 Å². The van der Waals surface area contributed by atoms with Crippen LogP contribution in [0.1, 0.15) is 0 Å². The fourth-order valence-corrected chi connectivity index (χ4v) is 1.37. The van der Waals surface area contributed by atoms with Crippen molar-refractivity contribution >= 4 is 0 Å². The molecule has 0 aliphatic carbocycles. The Kier molecular flexibility index (Phi) is 1.35. The van der Waals surface area contributed by atoms with Crippen molar-refractivity contribution in [2.24, 2.45) is 20.8 Å². The Morgan fingerprint density at radius 1 is 1.07 bits per heavy atom. The van der Waals surface area contributed by atoms with Crippen molar-refractivity contribution in [1.29, 1.82) is 0 Å². The molecule has 0 saturated heterocycles. The maximum Gasteiger partial charge on any atom is 0.198 e. The fourth-order valence-electron chi connectivity index (χ4n) is 1.37. The predicted molar refractivity (Wildman–Crippen MR) is 47.8 cm³/mol. The lowest BCUT2D eigenvalue weighted by molar-refractivity contribution is 0.0786. The molecule has 0 fully saturated rings. The van der Waals surface area contributed by atoms with Crippen LogP contribution in [0.4, 0.5) is 0 Å². The first kappa shape index (κ1) is 7.19. The van der Waals surface area contributed by atoms with Crippen molar-refractivity contribution < 1.29 is 0 Å². The topological polar surface area (TPSA) is 55.9 Å². The minimum atomic E-state index is 0.656. The number of allylic oxidation sites excluding steroid dienone is 5. The zero-order valence-electron chi connectivity index (χ0n) is 7.15. The third-order valence-electron chi connectivity index (χ3n) is 1.99. The zero-order valence-corrected chi connectivity index (χ0v) is 7.15. The van der Waals surface area contributed by atoms with E-state index in [1.54, 1.807) is 5.12 Å². The molecule has 0 spiro atoms. The van der Waals surface area contributed by atoms with Gasteiger partial charge in [-0.3, -0.25) is 0 Å². The van der Waals surface area contributed by atoms with Crippen molar-refractivity contribution in [3.8, 4) is 0 Å². The second kappa shape index (κ2) is 2.63. The molecule has 3 aliphatic rings. The molecular formula is C8H6N6. The van der Waals surface area contributed by atoms with Gasteiger partial charge in [-0.25, -0.2) is 5.01 Å². The predicted octanol–water partition coefficient (Wildman–Crippen LogP) is 2.08. The van der Waals surface area contributed by atoms with Crippen molar-refractivity contribution in [3.63, 3.8) is 0 Å². The summed E-state index contributed by atoms with van der Waals surface area (Å²) in [4.78, 5) is 0. The van der Waals surface area contributed by atoms with E-state index in [9.17, 15) is 0 Å². The Morgan fingerprint density at radius 2 is 2.07 bits per heavy atom. The standard InChI is InChI=1S/C8H6N6/c1-2-6-13-7(3-1)4-5-8-9-10-11-12-14(8)13/h1-6H. The maximum absolute atomic E-state index is 3.87. The van der Waals surface area contributed by atoms with E-state index in [0.717, 1.165) is 5.70 Å². The van der Waals surface area contributed by atoms with E-state index in [-0.39, 0.29) is 0 Å². The number of hydrazine groups is 1. The third kappa shape index (κ3) is 0.905. The van der Waals surface area contributed by atoms with Crippen LogP contribution in [0.5, 0.6) is 0 Å². The summed E-state index contributed by atoms with van der Waals surface area (Å²) in [6.07, 6.45) is 11.5. The highest BCUT2D eigenvalue weighted by atomic mass is 15.9. The lowest BCUT2D eigenvalue weighted by atomic mass is 10.2. The molecule has 0 bridgehead atoms. The molecule has 6 heteroatoms. The largest absolute Gasteiger partial charge is 0.237 e. The lowest BCUT2D eigenvalue weighted by Gasteiger charge is -2.33. The van der Waals surface area contributed by atoms with E-state index in [2.05, 4.69) is 20.8 Å². The Balaban J connectivity index is 2.08. The maximum atomic E-state index is 3.87. The third-order valence-corrected chi connectivity index (χ3v) is 1.99. The monoisotopic (exact) mass is 186 g/mol. The van der Waals surface area contributed by atoms with Gasteiger partial charge in [-0.15, -0.1) is 10.2 Å². The molecular weight excluding hydrogens is 180 g/mol. The van der Waals surface area contributed by atoms with Crippen molar-refractivity contribution in [1.82, 2.24) is 10.1 Å². The first-order chi connectivity index (χ1) is 6.95. The molecule has 0 aromatic heterocycles. The Hall–Kier alpha value is -2.24. The van der Waals surface area contributed by atoms with Crippen LogP contribution in [0.3, 0.4) is 0 Å². The van der Waals surface area contributed by atoms with Gasteiger partial charge in [0.05, 0.1) is 5.70 Å². The normalized spacial score (nSPS) is 21.7. The second-order valence-electron chi connectivity index (χ2n) is 2.82. The molecule has 3 aliphatic heterocycles. The molecule has 0 unspecified atom stereocenters. The molecule has 0 saturated carbocycles. The number of fused-ring (bicyclic) bond motifs is 3. The highest BCUT2D eigenvalue weighted by Gasteiger charge is 2.23. The van der Waals surface area contributed by atoms with E-state index >= 15 is 0 Å². The van der Waals surface area contributed by atoms with E-state index in [1.165, 1.54) is 0 Å². The van der Waals surface area contributed by atoms with E-state index < -0.39 is 0 Å². The van der Waals surface area contributed by atoms with Gasteiger partial charge in [0.15, 0.2) is 5.82 Å². The quantitative estimate of drug-likeness (QED) is 0.581. The van der Waals surface area contributed by atoms with Gasteiger partial charge in [0.25, 0.3) is 0 Å². The minimum Gasteiger partial charge on any atom is -0.237 e. The van der Waals surface area contributed by atoms with Gasteiger partial charge in [-0.1, -0.05) is 6.08 Å². The van der Waals surface area contributed by atoms with Crippen LogP contribution in [0.25, 0.3) is 0 Å². The molecule has 68 valence electrons.